The van der Waals surface area contributed by atoms with Gasteiger partial charge in [0.05, 0.1) is 35.0 Å². The van der Waals surface area contributed by atoms with E-state index < -0.39 is 49.3 Å². The Kier molecular flexibility index (Phi) is 7.86. The van der Waals surface area contributed by atoms with Crippen LogP contribution in [0.1, 0.15) is 32.6 Å². The minimum Gasteiger partial charge on any atom is -0.408 e. The van der Waals surface area contributed by atoms with Crippen LogP contribution in [-0.2, 0) is 13.7 Å². The van der Waals surface area contributed by atoms with Crippen LogP contribution in [-0.4, -0.2) is 54.4 Å². The fraction of sp³-hybridized carbons (Fsp3) is 0.778. The number of thiol groups is 1. The number of halogens is 1. The predicted octanol–water partition coefficient (Wildman–Crippen LogP) is 4.57. The van der Waals surface area contributed by atoms with Gasteiger partial charge >= 0.3 is 10.8 Å². The van der Waals surface area contributed by atoms with E-state index in [0.717, 1.165) is 16.1 Å². The van der Waals surface area contributed by atoms with Crippen LogP contribution in [0.2, 0.25) is 18.1 Å². The summed E-state index contributed by atoms with van der Waals surface area (Å²) in [5, 5.41) is -2.08. The molecule has 0 unspecified atom stereocenters. The molecule has 2 aliphatic rings. The molecule has 2 aliphatic heterocycles. The first-order valence-electron chi connectivity index (χ1n) is 10.1. The molecular weight excluding hydrogens is 498 g/mol. The number of rotatable bonds is 6. The maximum absolute atomic E-state index is 15.8. The predicted molar refractivity (Wildman–Crippen MR) is 134 cm³/mol. The fourth-order valence-corrected chi connectivity index (χ4v) is 13.4. The molecular formula is C18H31FN2O5PS3Si+. The van der Waals surface area contributed by atoms with Crippen LogP contribution in [0.5, 0.6) is 0 Å². The van der Waals surface area contributed by atoms with E-state index in [1.807, 2.05) is 0 Å². The second-order valence-electron chi connectivity index (χ2n) is 9.26. The first-order chi connectivity index (χ1) is 14.2. The van der Waals surface area contributed by atoms with Crippen molar-refractivity contribution in [2.75, 3.05) is 18.1 Å². The topological polar surface area (TPSA) is 82.6 Å². The summed E-state index contributed by atoms with van der Waals surface area (Å²) < 4.78 is 35.4. The van der Waals surface area contributed by atoms with Crippen molar-refractivity contribution in [3.8, 4) is 0 Å². The summed E-state index contributed by atoms with van der Waals surface area (Å²) in [7, 11) is -2.34. The van der Waals surface area contributed by atoms with Crippen molar-refractivity contribution in [3.05, 3.63) is 32.6 Å². The van der Waals surface area contributed by atoms with Gasteiger partial charge in [-0.25, -0.2) is 9.18 Å². The molecule has 7 nitrogen and oxygen atoms in total. The average Bonchev–Trinajstić information content (AvgIpc) is 3.21. The third kappa shape index (κ3) is 5.64. The van der Waals surface area contributed by atoms with E-state index in [4.69, 9.17) is 25.9 Å². The first-order valence-corrected chi connectivity index (χ1v) is 19.0. The fourth-order valence-electron chi connectivity index (χ4n) is 3.07. The number of ether oxygens (including phenoxy) is 1. The number of nitrogens with zero attached hydrogens (tertiary/aromatic N) is 1. The van der Waals surface area contributed by atoms with E-state index in [2.05, 4.69) is 38.8 Å². The van der Waals surface area contributed by atoms with Crippen molar-refractivity contribution in [2.24, 2.45) is 0 Å². The van der Waals surface area contributed by atoms with E-state index in [1.54, 1.807) is 29.7 Å². The molecule has 0 aromatic carbocycles. The summed E-state index contributed by atoms with van der Waals surface area (Å²) in [6.45, 7) is 12.0. The minimum atomic E-state index is -2.34. The molecule has 13 heteroatoms. The Morgan fingerprint density at radius 3 is 2.55 bits per heavy atom. The number of hydrogen-bond donors (Lipinski definition) is 2. The van der Waals surface area contributed by atoms with Gasteiger partial charge in [-0.2, -0.15) is 4.52 Å². The second kappa shape index (κ2) is 9.44. The Bertz CT molecular complexity index is 919. The SMILES string of the molecule is Cc1cn([C@@H]2O[C@H](CO[P+]3(S)SCCS3)[C@@H](O[Si](C)(C)C(C)(C)C)[C@H]2F)c(=O)[nH]c1=O. The number of alkyl halides is 1. The van der Waals surface area contributed by atoms with Gasteiger partial charge in [0.2, 0.25) is 0 Å². The second-order valence-corrected chi connectivity index (χ2v) is 25.2. The molecule has 4 atom stereocenters. The molecule has 1 aromatic rings. The van der Waals surface area contributed by atoms with Gasteiger partial charge in [0, 0.05) is 23.3 Å². The highest BCUT2D eigenvalue weighted by molar-refractivity contribution is 9.15. The Morgan fingerprint density at radius 1 is 1.35 bits per heavy atom. The van der Waals surface area contributed by atoms with Crippen molar-refractivity contribution in [2.45, 2.75) is 70.4 Å². The van der Waals surface area contributed by atoms with Gasteiger partial charge in [0.25, 0.3) is 5.56 Å². The zero-order valence-electron chi connectivity index (χ0n) is 18.6. The maximum Gasteiger partial charge on any atom is 0.330 e. The van der Waals surface area contributed by atoms with Crippen LogP contribution >= 0.6 is 40.1 Å². The molecule has 31 heavy (non-hydrogen) atoms. The van der Waals surface area contributed by atoms with Gasteiger partial charge in [-0.1, -0.05) is 20.8 Å². The van der Waals surface area contributed by atoms with Gasteiger partial charge in [0.1, 0.15) is 18.8 Å². The van der Waals surface area contributed by atoms with E-state index in [9.17, 15) is 9.59 Å². The normalized spacial score (nSPS) is 28.9. The Balaban J connectivity index is 1.89. The Hall–Kier alpha value is 0.187. The van der Waals surface area contributed by atoms with Gasteiger partial charge in [-0.3, -0.25) is 14.3 Å². The standard InChI is InChI=1S/C18H30FN2O5PS3Si/c1-11-9-21(17(23)20-15(11)22)16-13(19)14(26-31(5,6)18(2,3)4)12(25-16)10-24-27(28)29-7-8-30-27/h9,12-14,16,28H,7-8,10H2,1-6H3/p+1/t12-,13-,14-,16-/m1/s1. The van der Waals surface area contributed by atoms with Crippen LogP contribution < -0.4 is 11.2 Å². The highest BCUT2D eigenvalue weighted by atomic mass is 33.4. The average molecular weight is 530 g/mol. The van der Waals surface area contributed by atoms with Crippen molar-refractivity contribution in [3.63, 3.8) is 0 Å². The van der Waals surface area contributed by atoms with Crippen LogP contribution in [0, 0.1) is 6.92 Å². The monoisotopic (exact) mass is 529 g/mol. The van der Waals surface area contributed by atoms with E-state index in [0.29, 0.717) is 5.56 Å². The molecule has 0 saturated carbocycles. The molecule has 0 bridgehead atoms. The zero-order chi connectivity index (χ0) is 23.2. The van der Waals surface area contributed by atoms with E-state index >= 15 is 4.39 Å². The van der Waals surface area contributed by atoms with Crippen LogP contribution in [0.3, 0.4) is 0 Å². The lowest BCUT2D eigenvalue weighted by atomic mass is 10.1. The van der Waals surface area contributed by atoms with Crippen LogP contribution in [0.25, 0.3) is 0 Å². The quantitative estimate of drug-likeness (QED) is 0.317. The smallest absolute Gasteiger partial charge is 0.330 e. The molecule has 0 aliphatic carbocycles. The van der Waals surface area contributed by atoms with Crippen molar-refractivity contribution >= 4 is 48.4 Å². The number of aryl methyl sites for hydroxylation is 1. The van der Waals surface area contributed by atoms with E-state index in [1.165, 1.54) is 6.20 Å². The summed E-state index contributed by atoms with van der Waals surface area (Å²) >= 11 is 8.09. The van der Waals surface area contributed by atoms with Gasteiger partial charge in [0.15, 0.2) is 20.7 Å². The lowest BCUT2D eigenvalue weighted by molar-refractivity contribution is -0.0416. The van der Waals surface area contributed by atoms with Crippen LogP contribution in [0.15, 0.2) is 15.8 Å². The molecule has 3 heterocycles. The highest BCUT2D eigenvalue weighted by Crippen LogP contribution is 2.87. The van der Waals surface area contributed by atoms with Crippen molar-refractivity contribution in [1.82, 2.24) is 9.55 Å². The largest absolute Gasteiger partial charge is 0.408 e. The molecule has 0 spiro atoms. The lowest BCUT2D eigenvalue weighted by Gasteiger charge is -2.39. The Morgan fingerprint density at radius 2 is 1.97 bits per heavy atom. The minimum absolute atomic E-state index is 0.128. The van der Waals surface area contributed by atoms with Crippen molar-refractivity contribution < 1.29 is 18.1 Å². The van der Waals surface area contributed by atoms with E-state index in [-0.39, 0.29) is 11.6 Å². The number of aromatic amines is 1. The first kappa shape index (κ1) is 25.8. The third-order valence-corrected chi connectivity index (χ3v) is 20.6. The number of H-pyrrole nitrogens is 1. The molecule has 1 aromatic heterocycles. The van der Waals surface area contributed by atoms with Gasteiger partial charge in [-0.05, 0) is 25.1 Å². The Labute approximate surface area is 196 Å². The number of nitrogens with one attached hydrogen (secondary N) is 1. The maximum atomic E-state index is 15.8. The number of hydrogen-bond acceptors (Lipinski definition) is 8. The molecule has 2 fully saturated rings. The summed E-state index contributed by atoms with van der Waals surface area (Å²) in [6.07, 6.45) is -3.05. The van der Waals surface area contributed by atoms with Gasteiger partial charge in [-0.15, -0.1) is 0 Å². The van der Waals surface area contributed by atoms with Crippen LogP contribution in [0.4, 0.5) is 4.39 Å². The van der Waals surface area contributed by atoms with Gasteiger partial charge < -0.3 is 9.16 Å². The van der Waals surface area contributed by atoms with Crippen molar-refractivity contribution in [1.29, 1.82) is 0 Å². The molecule has 1 N–H and O–H groups in total. The lowest BCUT2D eigenvalue weighted by Crippen LogP contribution is -2.49. The summed E-state index contributed by atoms with van der Waals surface area (Å²) in [5.41, 5.74) is -0.910. The zero-order valence-corrected chi connectivity index (χ0v) is 23.0. The molecule has 2 saturated heterocycles. The summed E-state index contributed by atoms with van der Waals surface area (Å²) in [5.74, 6) is 1.94. The highest BCUT2D eigenvalue weighted by Gasteiger charge is 2.54. The molecule has 0 radical (unpaired) electrons. The number of aromatic nitrogens is 2. The third-order valence-electron chi connectivity index (χ3n) is 5.92. The summed E-state index contributed by atoms with van der Waals surface area (Å²) in [6, 6.07) is 0. The molecule has 3 rings (SSSR count). The molecule has 0 amide bonds. The summed E-state index contributed by atoms with van der Waals surface area (Å²) in [4.78, 5) is 26.4. The molecule has 176 valence electrons.